The zero-order chi connectivity index (χ0) is 16.1. The van der Waals surface area contributed by atoms with Crippen LogP contribution in [0.4, 0.5) is 0 Å². The molecule has 23 heavy (non-hydrogen) atoms. The van der Waals surface area contributed by atoms with Gasteiger partial charge in [-0.05, 0) is 24.3 Å². The number of benzene rings is 2. The summed E-state index contributed by atoms with van der Waals surface area (Å²) in [4.78, 5) is 3.29. The number of rotatable bonds is 5. The summed E-state index contributed by atoms with van der Waals surface area (Å²) in [5.74, 6) is 1.82. The van der Waals surface area contributed by atoms with Crippen LogP contribution >= 0.6 is 0 Å². The van der Waals surface area contributed by atoms with Gasteiger partial charge in [-0.15, -0.1) is 0 Å². The van der Waals surface area contributed by atoms with Gasteiger partial charge in [0, 0.05) is 18.4 Å². The van der Waals surface area contributed by atoms with Gasteiger partial charge in [0.15, 0.2) is 0 Å². The smallest absolute Gasteiger partial charge is 0.127 e. The Morgan fingerprint density at radius 2 is 1.70 bits per heavy atom. The first-order chi connectivity index (χ1) is 11.2. The molecule has 122 valence electrons. The molecule has 0 aromatic heterocycles. The number of quaternary nitrogens is 2. The normalized spacial score (nSPS) is 22.5. The first-order valence-electron chi connectivity index (χ1n) is 8.66. The predicted octanol–water partition coefficient (Wildman–Crippen LogP) is 1.17. The second-order valence-electron chi connectivity index (χ2n) is 6.82. The quantitative estimate of drug-likeness (QED) is 0.848. The number of hydrogen-bond acceptors (Lipinski definition) is 1. The summed E-state index contributed by atoms with van der Waals surface area (Å²) in [7, 11) is 4.63. The molecular formula is C20H28N2O+2. The van der Waals surface area contributed by atoms with Crippen molar-refractivity contribution in [3.63, 3.8) is 0 Å². The minimum absolute atomic E-state index is 0.789. The molecule has 0 bridgehead atoms. The molecule has 1 heterocycles. The minimum Gasteiger partial charge on any atom is -0.457 e. The molecule has 0 aliphatic carbocycles. The lowest BCUT2D eigenvalue weighted by molar-refractivity contribution is -0.948. The third kappa shape index (κ3) is 4.57. The maximum atomic E-state index is 5.95. The summed E-state index contributed by atoms with van der Waals surface area (Å²) in [6.45, 7) is 3.67. The molecule has 1 aliphatic rings. The van der Waals surface area contributed by atoms with Crippen LogP contribution < -0.4 is 14.5 Å². The maximum absolute atomic E-state index is 5.95. The zero-order valence-corrected chi connectivity index (χ0v) is 14.2. The van der Waals surface area contributed by atoms with Crippen molar-refractivity contribution in [3.05, 3.63) is 60.2 Å². The largest absolute Gasteiger partial charge is 0.457 e. The number of hydrogen-bond donors (Lipinski definition) is 2. The molecule has 2 aromatic carbocycles. The van der Waals surface area contributed by atoms with Crippen LogP contribution in [0.3, 0.4) is 0 Å². The third-order valence-electron chi connectivity index (χ3n) is 4.90. The molecule has 1 saturated heterocycles. The van der Waals surface area contributed by atoms with Crippen LogP contribution in [0.5, 0.6) is 11.5 Å². The average molecular weight is 312 g/mol. The van der Waals surface area contributed by atoms with Crippen LogP contribution in [0.25, 0.3) is 0 Å². The Bertz CT molecular complexity index is 606. The van der Waals surface area contributed by atoms with E-state index in [0.717, 1.165) is 24.1 Å². The first kappa shape index (κ1) is 16.0. The van der Waals surface area contributed by atoms with Crippen LogP contribution in [0.2, 0.25) is 0 Å². The highest BCUT2D eigenvalue weighted by Crippen LogP contribution is 2.21. The van der Waals surface area contributed by atoms with E-state index in [2.05, 4.69) is 32.3 Å². The molecule has 3 nitrogen and oxygen atoms in total. The Kier molecular flexibility index (Phi) is 5.31. The fourth-order valence-corrected chi connectivity index (χ4v) is 3.41. The van der Waals surface area contributed by atoms with Crippen LogP contribution in [0.1, 0.15) is 18.4 Å². The molecule has 0 amide bonds. The van der Waals surface area contributed by atoms with Crippen LogP contribution in [-0.4, -0.2) is 33.2 Å². The van der Waals surface area contributed by atoms with Gasteiger partial charge in [0.05, 0.1) is 33.2 Å². The van der Waals surface area contributed by atoms with Crippen molar-refractivity contribution < 1.29 is 14.5 Å². The van der Waals surface area contributed by atoms with E-state index in [0.29, 0.717) is 0 Å². The Balaban J connectivity index is 1.61. The van der Waals surface area contributed by atoms with E-state index in [1.54, 1.807) is 9.80 Å². The summed E-state index contributed by atoms with van der Waals surface area (Å²) in [5, 5.41) is 0. The number of piperidine rings is 1. The van der Waals surface area contributed by atoms with E-state index in [1.165, 1.54) is 31.5 Å². The molecule has 0 saturated carbocycles. The van der Waals surface area contributed by atoms with Crippen molar-refractivity contribution in [1.29, 1.82) is 0 Å². The molecule has 1 unspecified atom stereocenters. The maximum Gasteiger partial charge on any atom is 0.127 e. The van der Waals surface area contributed by atoms with E-state index in [4.69, 9.17) is 4.74 Å². The lowest BCUT2D eigenvalue weighted by atomic mass is 10.0. The van der Waals surface area contributed by atoms with Crippen molar-refractivity contribution in [2.24, 2.45) is 0 Å². The van der Waals surface area contributed by atoms with Gasteiger partial charge < -0.3 is 14.5 Å². The Labute approximate surface area is 139 Å². The van der Waals surface area contributed by atoms with Gasteiger partial charge >= 0.3 is 0 Å². The van der Waals surface area contributed by atoms with Gasteiger partial charge in [-0.25, -0.2) is 0 Å². The van der Waals surface area contributed by atoms with Crippen molar-refractivity contribution in [1.82, 2.24) is 0 Å². The summed E-state index contributed by atoms with van der Waals surface area (Å²) in [5.41, 5.74) is 1.35. The van der Waals surface area contributed by atoms with Crippen LogP contribution in [-0.2, 0) is 6.54 Å². The summed E-state index contributed by atoms with van der Waals surface area (Å²) in [6, 6.07) is 19.3. The van der Waals surface area contributed by atoms with Gasteiger partial charge in [-0.3, -0.25) is 0 Å². The fourth-order valence-electron chi connectivity index (χ4n) is 3.41. The van der Waals surface area contributed by atoms with Crippen molar-refractivity contribution >= 4 is 0 Å². The van der Waals surface area contributed by atoms with E-state index in [9.17, 15) is 0 Å². The molecule has 0 spiro atoms. The van der Waals surface area contributed by atoms with E-state index in [1.807, 2.05) is 36.4 Å². The van der Waals surface area contributed by atoms with E-state index < -0.39 is 0 Å². The second kappa shape index (κ2) is 7.62. The van der Waals surface area contributed by atoms with Crippen LogP contribution in [0.15, 0.2) is 54.6 Å². The van der Waals surface area contributed by atoms with Crippen molar-refractivity contribution in [2.75, 3.05) is 27.2 Å². The summed E-state index contributed by atoms with van der Waals surface area (Å²) < 4.78 is 5.95. The predicted molar refractivity (Wildman–Crippen MR) is 93.2 cm³/mol. The Morgan fingerprint density at radius 1 is 1.00 bits per heavy atom. The minimum atomic E-state index is 0.789. The summed E-state index contributed by atoms with van der Waals surface area (Å²) >= 11 is 0. The lowest BCUT2D eigenvalue weighted by Crippen LogP contribution is -3.17. The first-order valence-corrected chi connectivity index (χ1v) is 8.66. The van der Waals surface area contributed by atoms with E-state index >= 15 is 0 Å². The molecular weight excluding hydrogens is 284 g/mol. The molecule has 3 rings (SSSR count). The molecule has 3 heteroatoms. The highest BCUT2D eigenvalue weighted by molar-refractivity contribution is 5.33. The van der Waals surface area contributed by atoms with Crippen molar-refractivity contribution in [3.8, 4) is 11.5 Å². The van der Waals surface area contributed by atoms with Crippen LogP contribution in [0, 0.1) is 0 Å². The van der Waals surface area contributed by atoms with Gasteiger partial charge in [0.25, 0.3) is 0 Å². The number of nitrogens with one attached hydrogen (secondary N) is 2. The molecule has 1 fully saturated rings. The number of ether oxygens (including phenoxy) is 1. The Hall–Kier alpha value is -1.84. The lowest BCUT2D eigenvalue weighted by Gasteiger charge is -2.30. The third-order valence-corrected chi connectivity index (χ3v) is 4.90. The van der Waals surface area contributed by atoms with Crippen molar-refractivity contribution in [2.45, 2.75) is 25.4 Å². The molecule has 0 radical (unpaired) electrons. The monoisotopic (exact) mass is 312 g/mol. The zero-order valence-electron chi connectivity index (χ0n) is 14.2. The summed E-state index contributed by atoms with van der Waals surface area (Å²) in [6.07, 6.45) is 2.66. The van der Waals surface area contributed by atoms with Gasteiger partial charge in [0.1, 0.15) is 18.0 Å². The highest BCUT2D eigenvalue weighted by atomic mass is 16.5. The SMILES string of the molecule is C[NH+]1CCC([NH+](C)Cc2cccc(Oc3ccccc3)c2)CC1. The number of para-hydroxylation sites is 1. The fraction of sp³-hybridized carbons (Fsp3) is 0.400. The van der Waals surface area contributed by atoms with Gasteiger partial charge in [-0.2, -0.15) is 0 Å². The van der Waals surface area contributed by atoms with E-state index in [-0.39, 0.29) is 0 Å². The standard InChI is InChI=1S/C20H26N2O/c1-21-13-11-18(12-14-21)22(2)16-17-7-6-10-20(15-17)23-19-8-4-3-5-9-19/h3-10,15,18H,11-14,16H2,1-2H3/p+2. The molecule has 2 aromatic rings. The Morgan fingerprint density at radius 3 is 2.43 bits per heavy atom. The average Bonchev–Trinajstić information content (AvgIpc) is 2.57. The van der Waals surface area contributed by atoms with Gasteiger partial charge in [0.2, 0.25) is 0 Å². The molecule has 2 N–H and O–H groups in total. The van der Waals surface area contributed by atoms with Gasteiger partial charge in [-0.1, -0.05) is 30.3 Å². The highest BCUT2D eigenvalue weighted by Gasteiger charge is 2.25. The number of likely N-dealkylation sites (tertiary alicyclic amines) is 1. The topological polar surface area (TPSA) is 18.1 Å². The second-order valence-corrected chi connectivity index (χ2v) is 6.82. The molecule has 1 atom stereocenters. The molecule has 1 aliphatic heterocycles.